The fraction of sp³-hybridized carbons (Fsp3) is 1.00. The smallest absolute Gasteiger partial charge is 0.0514 e. The highest BCUT2D eigenvalue weighted by atomic mass is 16.3. The predicted molar refractivity (Wildman–Crippen MR) is 47.4 cm³/mol. The third-order valence-electron chi connectivity index (χ3n) is 2.75. The van der Waals surface area contributed by atoms with Gasteiger partial charge in [0.2, 0.25) is 0 Å². The Morgan fingerprint density at radius 1 is 1.55 bits per heavy atom. The van der Waals surface area contributed by atoms with Gasteiger partial charge in [-0.1, -0.05) is 13.8 Å². The molecule has 0 aromatic heterocycles. The summed E-state index contributed by atoms with van der Waals surface area (Å²) >= 11 is 0. The molecule has 1 aliphatic rings. The zero-order chi connectivity index (χ0) is 8.48. The minimum Gasteiger partial charge on any atom is -0.393 e. The van der Waals surface area contributed by atoms with E-state index >= 15 is 0 Å². The fourth-order valence-electron chi connectivity index (χ4n) is 2.26. The Morgan fingerprint density at radius 2 is 2.18 bits per heavy atom. The van der Waals surface area contributed by atoms with E-state index in [1.54, 1.807) is 0 Å². The van der Waals surface area contributed by atoms with Crippen molar-refractivity contribution in [2.45, 2.75) is 52.6 Å². The van der Waals surface area contributed by atoms with Crippen molar-refractivity contribution in [3.8, 4) is 0 Å². The van der Waals surface area contributed by atoms with Gasteiger partial charge in [0.25, 0.3) is 0 Å². The average molecular weight is 156 g/mol. The number of rotatable bonds is 2. The Labute approximate surface area is 69.8 Å². The largest absolute Gasteiger partial charge is 0.393 e. The summed E-state index contributed by atoms with van der Waals surface area (Å²) in [6, 6.07) is 0. The number of aliphatic hydroxyl groups is 1. The standard InChI is InChI=1S/C10H20O/c1-8(11)6-9-4-5-10(2,3)7-9/h8-9,11H,4-7H2,1-3H3/t8-,9?/m0/s1. The molecule has 1 rings (SSSR count). The van der Waals surface area contributed by atoms with E-state index in [2.05, 4.69) is 13.8 Å². The van der Waals surface area contributed by atoms with Crippen LogP contribution in [0.25, 0.3) is 0 Å². The highest BCUT2D eigenvalue weighted by Gasteiger charge is 2.30. The lowest BCUT2D eigenvalue weighted by Gasteiger charge is -2.17. The minimum absolute atomic E-state index is 0.103. The maximum absolute atomic E-state index is 9.18. The first-order chi connectivity index (χ1) is 4.99. The fourth-order valence-corrected chi connectivity index (χ4v) is 2.26. The molecule has 1 aliphatic carbocycles. The molecule has 0 aliphatic heterocycles. The van der Waals surface area contributed by atoms with E-state index in [0.29, 0.717) is 5.41 Å². The normalized spacial score (nSPS) is 32.2. The zero-order valence-corrected chi connectivity index (χ0v) is 7.93. The Balaban J connectivity index is 2.31. The van der Waals surface area contributed by atoms with Crippen LogP contribution < -0.4 is 0 Å². The van der Waals surface area contributed by atoms with Crippen LogP contribution >= 0.6 is 0 Å². The van der Waals surface area contributed by atoms with Crippen LogP contribution in [0.1, 0.15) is 46.5 Å². The predicted octanol–water partition coefficient (Wildman–Crippen LogP) is 2.58. The lowest BCUT2D eigenvalue weighted by molar-refractivity contribution is 0.158. The second-order valence-corrected chi connectivity index (χ2v) is 4.86. The maximum atomic E-state index is 9.18. The molecular weight excluding hydrogens is 136 g/mol. The van der Waals surface area contributed by atoms with Crippen LogP contribution in [0.3, 0.4) is 0 Å². The van der Waals surface area contributed by atoms with Crippen LogP contribution in [0, 0.1) is 11.3 Å². The third kappa shape index (κ3) is 2.82. The van der Waals surface area contributed by atoms with Crippen LogP contribution in [0.15, 0.2) is 0 Å². The summed E-state index contributed by atoms with van der Waals surface area (Å²) < 4.78 is 0. The molecule has 66 valence electrons. The second-order valence-electron chi connectivity index (χ2n) is 4.86. The van der Waals surface area contributed by atoms with Gasteiger partial charge < -0.3 is 5.11 Å². The number of hydrogen-bond acceptors (Lipinski definition) is 1. The van der Waals surface area contributed by atoms with Crippen LogP contribution in [-0.2, 0) is 0 Å². The van der Waals surface area contributed by atoms with E-state index in [1.807, 2.05) is 6.92 Å². The lowest BCUT2D eigenvalue weighted by atomic mass is 9.89. The van der Waals surface area contributed by atoms with Gasteiger partial charge in [-0.05, 0) is 43.9 Å². The van der Waals surface area contributed by atoms with Crippen molar-refractivity contribution in [2.75, 3.05) is 0 Å². The highest BCUT2D eigenvalue weighted by Crippen LogP contribution is 2.42. The molecule has 1 saturated carbocycles. The summed E-state index contributed by atoms with van der Waals surface area (Å²) in [6.07, 6.45) is 4.86. The van der Waals surface area contributed by atoms with Gasteiger partial charge in [-0.3, -0.25) is 0 Å². The van der Waals surface area contributed by atoms with Gasteiger partial charge in [0, 0.05) is 0 Å². The third-order valence-corrected chi connectivity index (χ3v) is 2.75. The molecule has 0 aromatic rings. The maximum Gasteiger partial charge on any atom is 0.0514 e. The summed E-state index contributed by atoms with van der Waals surface area (Å²) in [4.78, 5) is 0. The molecule has 0 radical (unpaired) electrons. The Morgan fingerprint density at radius 3 is 2.55 bits per heavy atom. The molecular formula is C10H20O. The molecule has 11 heavy (non-hydrogen) atoms. The molecule has 1 heteroatoms. The molecule has 1 N–H and O–H groups in total. The molecule has 0 heterocycles. The summed E-state index contributed by atoms with van der Waals surface area (Å²) in [5, 5.41) is 9.18. The van der Waals surface area contributed by atoms with Crippen LogP contribution in [0.4, 0.5) is 0 Å². The molecule has 0 spiro atoms. The Hall–Kier alpha value is -0.0400. The SMILES string of the molecule is C[C@H](O)CC1CCC(C)(C)C1. The van der Waals surface area contributed by atoms with Crippen molar-refractivity contribution < 1.29 is 5.11 Å². The van der Waals surface area contributed by atoms with Gasteiger partial charge in [-0.25, -0.2) is 0 Å². The quantitative estimate of drug-likeness (QED) is 0.651. The Bertz CT molecular complexity index is 127. The van der Waals surface area contributed by atoms with Crippen molar-refractivity contribution in [2.24, 2.45) is 11.3 Å². The number of hydrogen-bond donors (Lipinski definition) is 1. The van der Waals surface area contributed by atoms with Crippen LogP contribution in [0.2, 0.25) is 0 Å². The van der Waals surface area contributed by atoms with E-state index in [-0.39, 0.29) is 6.10 Å². The van der Waals surface area contributed by atoms with Gasteiger partial charge >= 0.3 is 0 Å². The van der Waals surface area contributed by atoms with Gasteiger partial charge in [-0.15, -0.1) is 0 Å². The Kier molecular flexibility index (Phi) is 2.58. The van der Waals surface area contributed by atoms with Crippen molar-refractivity contribution >= 4 is 0 Å². The summed E-state index contributed by atoms with van der Waals surface area (Å²) in [6.45, 7) is 6.55. The first-order valence-corrected chi connectivity index (χ1v) is 4.68. The van der Waals surface area contributed by atoms with Crippen molar-refractivity contribution in [3.63, 3.8) is 0 Å². The van der Waals surface area contributed by atoms with E-state index in [9.17, 15) is 5.11 Å². The average Bonchev–Trinajstić information content (AvgIpc) is 2.08. The van der Waals surface area contributed by atoms with Crippen LogP contribution in [0.5, 0.6) is 0 Å². The first-order valence-electron chi connectivity index (χ1n) is 4.68. The van der Waals surface area contributed by atoms with E-state index in [4.69, 9.17) is 0 Å². The molecule has 1 nitrogen and oxygen atoms in total. The van der Waals surface area contributed by atoms with Crippen LogP contribution in [-0.4, -0.2) is 11.2 Å². The van der Waals surface area contributed by atoms with Crippen molar-refractivity contribution in [1.82, 2.24) is 0 Å². The van der Waals surface area contributed by atoms with Crippen molar-refractivity contribution in [3.05, 3.63) is 0 Å². The molecule has 1 fully saturated rings. The molecule has 0 bridgehead atoms. The number of aliphatic hydroxyl groups excluding tert-OH is 1. The molecule has 1 unspecified atom stereocenters. The monoisotopic (exact) mass is 156 g/mol. The summed E-state index contributed by atoms with van der Waals surface area (Å²) in [5.41, 5.74) is 0.541. The van der Waals surface area contributed by atoms with E-state index < -0.39 is 0 Å². The molecule has 2 atom stereocenters. The zero-order valence-electron chi connectivity index (χ0n) is 7.93. The van der Waals surface area contributed by atoms with E-state index in [1.165, 1.54) is 19.3 Å². The molecule has 0 saturated heterocycles. The van der Waals surface area contributed by atoms with E-state index in [0.717, 1.165) is 12.3 Å². The topological polar surface area (TPSA) is 20.2 Å². The van der Waals surface area contributed by atoms with Gasteiger partial charge in [0.05, 0.1) is 6.10 Å². The van der Waals surface area contributed by atoms with Crippen molar-refractivity contribution in [1.29, 1.82) is 0 Å². The lowest BCUT2D eigenvalue weighted by Crippen LogP contribution is -2.09. The second kappa shape index (κ2) is 3.14. The van der Waals surface area contributed by atoms with Gasteiger partial charge in [0.1, 0.15) is 0 Å². The van der Waals surface area contributed by atoms with Gasteiger partial charge in [-0.2, -0.15) is 0 Å². The highest BCUT2D eigenvalue weighted by molar-refractivity contribution is 4.82. The summed E-state index contributed by atoms with van der Waals surface area (Å²) in [7, 11) is 0. The molecule has 0 aromatic carbocycles. The summed E-state index contributed by atoms with van der Waals surface area (Å²) in [5.74, 6) is 0.782. The minimum atomic E-state index is -0.103. The first kappa shape index (κ1) is 9.05. The van der Waals surface area contributed by atoms with Gasteiger partial charge in [0.15, 0.2) is 0 Å². The molecule has 0 amide bonds.